The molecular weight excluding hydrogens is 282 g/mol. The summed E-state index contributed by atoms with van der Waals surface area (Å²) in [6, 6.07) is 2.99. The molecule has 5 nitrogen and oxygen atoms in total. The Morgan fingerprint density at radius 3 is 2.37 bits per heavy atom. The minimum Gasteiger partial charge on any atom is -0.388 e. The molecule has 0 saturated heterocycles. The number of hydrogen-bond acceptors (Lipinski definition) is 4. The Hall–Kier alpha value is -1.05. The molecule has 2 N–H and O–H groups in total. The molecule has 1 aromatic heterocycles. The van der Waals surface area contributed by atoms with Crippen molar-refractivity contribution in [3.63, 3.8) is 0 Å². The molecule has 0 aliphatic carbocycles. The van der Waals surface area contributed by atoms with E-state index in [9.17, 15) is 8.42 Å². The van der Waals surface area contributed by atoms with Crippen LogP contribution in [0.3, 0.4) is 0 Å². The van der Waals surface area contributed by atoms with E-state index >= 15 is 0 Å². The molecule has 0 atom stereocenters. The number of nitrogens with zero attached hydrogens (tertiary/aromatic N) is 2. The number of nitrogens with two attached hydrogens (primary N) is 1. The summed E-state index contributed by atoms with van der Waals surface area (Å²) in [7, 11) is -1.93. The number of sulfonamides is 1. The van der Waals surface area contributed by atoms with Crippen molar-refractivity contribution >= 4 is 27.2 Å². The first-order chi connectivity index (χ1) is 8.84. The average Bonchev–Trinajstić information content (AvgIpc) is 2.40. The summed E-state index contributed by atoms with van der Waals surface area (Å²) >= 11 is 4.78. The van der Waals surface area contributed by atoms with Gasteiger partial charge in [0.25, 0.3) is 0 Å². The maximum atomic E-state index is 12.4. The van der Waals surface area contributed by atoms with E-state index in [-0.39, 0.29) is 15.9 Å². The van der Waals surface area contributed by atoms with E-state index in [1.807, 2.05) is 13.8 Å². The van der Waals surface area contributed by atoms with Gasteiger partial charge in [0.2, 0.25) is 10.0 Å². The van der Waals surface area contributed by atoms with Crippen molar-refractivity contribution in [1.82, 2.24) is 9.29 Å². The van der Waals surface area contributed by atoms with Crippen LogP contribution >= 0.6 is 12.2 Å². The van der Waals surface area contributed by atoms with Gasteiger partial charge < -0.3 is 5.73 Å². The summed E-state index contributed by atoms with van der Waals surface area (Å²) in [5.41, 5.74) is 5.85. The van der Waals surface area contributed by atoms with Gasteiger partial charge in [-0.2, -0.15) is 4.31 Å². The highest BCUT2D eigenvalue weighted by Crippen LogP contribution is 2.18. The average molecular weight is 301 g/mol. The second-order valence-corrected chi connectivity index (χ2v) is 6.67. The normalized spacial score (nSPS) is 12.1. The summed E-state index contributed by atoms with van der Waals surface area (Å²) < 4.78 is 26.2. The molecule has 0 aromatic carbocycles. The van der Waals surface area contributed by atoms with Crippen LogP contribution in [-0.4, -0.2) is 35.8 Å². The van der Waals surface area contributed by atoms with Crippen LogP contribution in [0, 0.1) is 0 Å². The Morgan fingerprint density at radius 2 is 2.00 bits per heavy atom. The van der Waals surface area contributed by atoms with E-state index in [4.69, 9.17) is 18.0 Å². The summed E-state index contributed by atoms with van der Waals surface area (Å²) in [6.07, 6.45) is 2.83. The molecular formula is C12H19N3O2S2. The van der Waals surface area contributed by atoms with Gasteiger partial charge in [-0.25, -0.2) is 8.42 Å². The monoisotopic (exact) mass is 301 g/mol. The van der Waals surface area contributed by atoms with Crippen molar-refractivity contribution in [3.05, 3.63) is 24.0 Å². The van der Waals surface area contributed by atoms with Gasteiger partial charge in [-0.05, 0) is 25.0 Å². The molecule has 7 heteroatoms. The predicted octanol–water partition coefficient (Wildman–Crippen LogP) is 1.52. The Bertz CT molecular complexity index is 537. The van der Waals surface area contributed by atoms with E-state index in [0.29, 0.717) is 5.69 Å². The van der Waals surface area contributed by atoms with Crippen LogP contribution in [0.2, 0.25) is 0 Å². The lowest BCUT2D eigenvalue weighted by molar-refractivity contribution is 0.349. The summed E-state index contributed by atoms with van der Waals surface area (Å²) in [6.45, 7) is 3.93. The molecule has 0 fully saturated rings. The molecule has 0 saturated carbocycles. The Kier molecular flexibility index (Phi) is 5.39. The van der Waals surface area contributed by atoms with Crippen LogP contribution in [-0.2, 0) is 10.0 Å². The smallest absolute Gasteiger partial charge is 0.244 e. The van der Waals surface area contributed by atoms with Crippen LogP contribution in [0.4, 0.5) is 0 Å². The topological polar surface area (TPSA) is 76.3 Å². The quantitative estimate of drug-likeness (QED) is 0.806. The zero-order valence-corrected chi connectivity index (χ0v) is 13.0. The second kappa shape index (κ2) is 6.40. The molecule has 0 unspecified atom stereocenters. The Morgan fingerprint density at radius 1 is 1.42 bits per heavy atom. The van der Waals surface area contributed by atoms with E-state index in [2.05, 4.69) is 4.98 Å². The van der Waals surface area contributed by atoms with Crippen LogP contribution in [0.15, 0.2) is 23.2 Å². The first kappa shape index (κ1) is 16.0. The predicted molar refractivity (Wildman–Crippen MR) is 79.4 cm³/mol. The first-order valence-electron chi connectivity index (χ1n) is 6.08. The fourth-order valence-electron chi connectivity index (χ4n) is 1.84. The largest absolute Gasteiger partial charge is 0.388 e. The van der Waals surface area contributed by atoms with Gasteiger partial charge >= 0.3 is 0 Å². The molecule has 0 bridgehead atoms. The van der Waals surface area contributed by atoms with Crippen LogP contribution < -0.4 is 5.73 Å². The van der Waals surface area contributed by atoms with Crippen LogP contribution in [0.5, 0.6) is 0 Å². The Labute approximate surface area is 119 Å². The number of aromatic nitrogens is 1. The highest BCUT2D eigenvalue weighted by atomic mass is 32.2. The van der Waals surface area contributed by atoms with Crippen molar-refractivity contribution in [3.8, 4) is 0 Å². The second-order valence-electron chi connectivity index (χ2n) is 4.23. The SMILES string of the molecule is CCC(CC)N(C)S(=O)(=O)c1ccc(C(N)=S)nc1. The van der Waals surface area contributed by atoms with Gasteiger partial charge in [-0.1, -0.05) is 26.1 Å². The van der Waals surface area contributed by atoms with E-state index in [1.165, 1.54) is 22.6 Å². The highest BCUT2D eigenvalue weighted by Gasteiger charge is 2.26. The van der Waals surface area contributed by atoms with E-state index < -0.39 is 10.0 Å². The molecule has 0 amide bonds. The maximum Gasteiger partial charge on any atom is 0.244 e. The van der Waals surface area contributed by atoms with Gasteiger partial charge in [-0.3, -0.25) is 4.98 Å². The summed E-state index contributed by atoms with van der Waals surface area (Å²) in [4.78, 5) is 4.27. The van der Waals surface area contributed by atoms with E-state index in [1.54, 1.807) is 7.05 Å². The van der Waals surface area contributed by atoms with Crippen molar-refractivity contribution in [1.29, 1.82) is 0 Å². The van der Waals surface area contributed by atoms with Crippen LogP contribution in [0.25, 0.3) is 0 Å². The van der Waals surface area contributed by atoms with Gasteiger partial charge in [0.15, 0.2) is 0 Å². The maximum absolute atomic E-state index is 12.4. The number of thiocarbonyl (C=S) groups is 1. The third-order valence-electron chi connectivity index (χ3n) is 3.12. The first-order valence-corrected chi connectivity index (χ1v) is 7.93. The third kappa shape index (κ3) is 3.49. The van der Waals surface area contributed by atoms with Crippen molar-refractivity contribution in [2.45, 2.75) is 37.6 Å². The van der Waals surface area contributed by atoms with Crippen molar-refractivity contribution < 1.29 is 8.42 Å². The molecule has 1 aromatic rings. The fourth-order valence-corrected chi connectivity index (χ4v) is 3.41. The summed E-state index contributed by atoms with van der Waals surface area (Å²) in [5.74, 6) is 0. The number of rotatable bonds is 6. The van der Waals surface area contributed by atoms with Gasteiger partial charge in [0.05, 0.1) is 5.69 Å². The lowest BCUT2D eigenvalue weighted by Gasteiger charge is -2.25. The molecule has 19 heavy (non-hydrogen) atoms. The van der Waals surface area contributed by atoms with Gasteiger partial charge in [0.1, 0.15) is 9.88 Å². The molecule has 0 spiro atoms. The number of pyridine rings is 1. The highest BCUT2D eigenvalue weighted by molar-refractivity contribution is 7.89. The molecule has 0 radical (unpaired) electrons. The zero-order valence-electron chi connectivity index (χ0n) is 11.3. The molecule has 106 valence electrons. The molecule has 1 rings (SSSR count). The molecule has 0 aliphatic heterocycles. The minimum atomic E-state index is -3.52. The minimum absolute atomic E-state index is 0.0136. The standard InChI is InChI=1S/C12H19N3O2S2/c1-4-9(5-2)15(3)19(16,17)10-6-7-11(12(13)18)14-8-10/h6-9H,4-5H2,1-3H3,(H2,13,18). The Balaban J connectivity index is 3.09. The molecule has 0 aliphatic rings. The zero-order chi connectivity index (χ0) is 14.6. The van der Waals surface area contributed by atoms with E-state index in [0.717, 1.165) is 12.8 Å². The van der Waals surface area contributed by atoms with Gasteiger partial charge in [0, 0.05) is 19.3 Å². The van der Waals surface area contributed by atoms with Crippen molar-refractivity contribution in [2.75, 3.05) is 7.05 Å². The fraction of sp³-hybridized carbons (Fsp3) is 0.500. The third-order valence-corrected chi connectivity index (χ3v) is 5.23. The lowest BCUT2D eigenvalue weighted by Crippen LogP contribution is -2.36. The summed E-state index contributed by atoms with van der Waals surface area (Å²) in [5, 5.41) is 0. The van der Waals surface area contributed by atoms with Crippen molar-refractivity contribution in [2.24, 2.45) is 5.73 Å². The molecule has 1 heterocycles. The number of hydrogen-bond donors (Lipinski definition) is 1. The van der Waals surface area contributed by atoms with Crippen LogP contribution in [0.1, 0.15) is 32.4 Å². The lowest BCUT2D eigenvalue weighted by atomic mass is 10.2. The van der Waals surface area contributed by atoms with Gasteiger partial charge in [-0.15, -0.1) is 0 Å².